The van der Waals surface area contributed by atoms with E-state index in [9.17, 15) is 0 Å². The molecule has 1 aromatic heterocycles. The predicted molar refractivity (Wildman–Crippen MR) is 88.0 cm³/mol. The van der Waals surface area contributed by atoms with Crippen molar-refractivity contribution in [2.75, 3.05) is 19.8 Å². The first kappa shape index (κ1) is 15.5. The molecule has 128 valence electrons. The molecule has 0 spiro atoms. The molecular weight excluding hydrogens is 290 g/mol. The number of nitrogens with zero attached hydrogens (tertiary/aromatic N) is 4. The van der Waals surface area contributed by atoms with Crippen LogP contribution in [0.15, 0.2) is 0 Å². The summed E-state index contributed by atoms with van der Waals surface area (Å²) >= 11 is 0. The van der Waals surface area contributed by atoms with Gasteiger partial charge in [-0.25, -0.2) is 4.68 Å². The van der Waals surface area contributed by atoms with E-state index in [0.29, 0.717) is 12.1 Å². The Balaban J connectivity index is 1.43. The van der Waals surface area contributed by atoms with Gasteiger partial charge in [-0.05, 0) is 32.1 Å². The molecule has 6 nitrogen and oxygen atoms in total. The Hall–Kier alpha value is -0.980. The molecule has 1 saturated carbocycles. The van der Waals surface area contributed by atoms with Crippen molar-refractivity contribution in [3.63, 3.8) is 0 Å². The van der Waals surface area contributed by atoms with Gasteiger partial charge < -0.3 is 10.1 Å². The maximum absolute atomic E-state index is 5.53. The third kappa shape index (κ3) is 3.59. The quantitative estimate of drug-likeness (QED) is 0.915. The number of hydrogen-bond acceptors (Lipinski definition) is 5. The number of hydrogen-bond donors (Lipinski definition) is 1. The van der Waals surface area contributed by atoms with Crippen LogP contribution in [-0.2, 0) is 24.4 Å². The molecule has 0 atom stereocenters. The SMILES string of the molecule is C1CCC(NCc2nnn3c2CN(C2CCOCC2)CCC3)C1. The average Bonchev–Trinajstić information content (AvgIpc) is 3.19. The molecule has 0 unspecified atom stereocenters. The molecule has 4 rings (SSSR count). The van der Waals surface area contributed by atoms with Crippen LogP contribution in [0.4, 0.5) is 0 Å². The molecule has 2 aliphatic heterocycles. The van der Waals surface area contributed by atoms with Crippen LogP contribution in [0.1, 0.15) is 56.3 Å². The van der Waals surface area contributed by atoms with E-state index in [1.165, 1.54) is 44.3 Å². The standard InChI is InChI=1S/C17H29N5O/c1-2-5-14(4-1)18-12-16-17-13-21(15-6-10-23-11-7-15)8-3-9-22(17)20-19-16/h14-15,18H,1-13H2. The van der Waals surface area contributed by atoms with E-state index in [1.54, 1.807) is 0 Å². The van der Waals surface area contributed by atoms with E-state index in [2.05, 4.69) is 25.2 Å². The van der Waals surface area contributed by atoms with Crippen LogP contribution in [0, 0.1) is 0 Å². The number of aryl methyl sites for hydroxylation is 1. The summed E-state index contributed by atoms with van der Waals surface area (Å²) < 4.78 is 7.67. The lowest BCUT2D eigenvalue weighted by Gasteiger charge is -2.33. The monoisotopic (exact) mass is 319 g/mol. The Morgan fingerprint density at radius 1 is 1.04 bits per heavy atom. The minimum Gasteiger partial charge on any atom is -0.381 e. The van der Waals surface area contributed by atoms with Crippen molar-refractivity contribution in [1.82, 2.24) is 25.2 Å². The maximum Gasteiger partial charge on any atom is 0.101 e. The summed E-state index contributed by atoms with van der Waals surface area (Å²) in [4.78, 5) is 2.64. The summed E-state index contributed by atoms with van der Waals surface area (Å²) in [5.74, 6) is 0. The first-order chi connectivity index (χ1) is 11.4. The summed E-state index contributed by atoms with van der Waals surface area (Å²) in [6.07, 6.45) is 8.87. The average molecular weight is 319 g/mol. The van der Waals surface area contributed by atoms with E-state index in [-0.39, 0.29) is 0 Å². The molecule has 3 heterocycles. The molecule has 2 fully saturated rings. The highest BCUT2D eigenvalue weighted by molar-refractivity contribution is 5.11. The van der Waals surface area contributed by atoms with Gasteiger partial charge in [-0.15, -0.1) is 5.10 Å². The van der Waals surface area contributed by atoms with E-state index >= 15 is 0 Å². The molecule has 1 aliphatic carbocycles. The fourth-order valence-corrected chi connectivity index (χ4v) is 4.29. The van der Waals surface area contributed by atoms with Gasteiger partial charge in [0.1, 0.15) is 5.69 Å². The van der Waals surface area contributed by atoms with Crippen molar-refractivity contribution in [3.05, 3.63) is 11.4 Å². The molecule has 3 aliphatic rings. The van der Waals surface area contributed by atoms with E-state index in [4.69, 9.17) is 4.74 Å². The van der Waals surface area contributed by atoms with Crippen LogP contribution in [-0.4, -0.2) is 51.7 Å². The lowest BCUT2D eigenvalue weighted by atomic mass is 10.1. The number of ether oxygens (including phenoxy) is 1. The summed E-state index contributed by atoms with van der Waals surface area (Å²) in [6, 6.07) is 1.35. The largest absolute Gasteiger partial charge is 0.381 e. The van der Waals surface area contributed by atoms with Crippen molar-refractivity contribution >= 4 is 0 Å². The summed E-state index contributed by atoms with van der Waals surface area (Å²) in [5.41, 5.74) is 2.50. The third-order valence-electron chi connectivity index (χ3n) is 5.71. The van der Waals surface area contributed by atoms with Gasteiger partial charge in [0.05, 0.1) is 5.69 Å². The second-order valence-corrected chi connectivity index (χ2v) is 7.24. The minimum atomic E-state index is 0.667. The lowest BCUT2D eigenvalue weighted by molar-refractivity contribution is 0.0314. The highest BCUT2D eigenvalue weighted by atomic mass is 16.5. The topological polar surface area (TPSA) is 55.2 Å². The van der Waals surface area contributed by atoms with Crippen LogP contribution >= 0.6 is 0 Å². The molecule has 1 saturated heterocycles. The van der Waals surface area contributed by atoms with Crippen LogP contribution < -0.4 is 5.32 Å². The zero-order valence-electron chi connectivity index (χ0n) is 14.0. The summed E-state index contributed by atoms with van der Waals surface area (Å²) in [7, 11) is 0. The number of fused-ring (bicyclic) bond motifs is 1. The van der Waals surface area contributed by atoms with Crippen LogP contribution in [0.3, 0.4) is 0 Å². The number of nitrogens with one attached hydrogen (secondary N) is 1. The second kappa shape index (κ2) is 7.28. The predicted octanol–water partition coefficient (Wildman–Crippen LogP) is 1.69. The van der Waals surface area contributed by atoms with E-state index < -0.39 is 0 Å². The number of aromatic nitrogens is 3. The summed E-state index contributed by atoms with van der Waals surface area (Å²) in [5, 5.41) is 12.6. The van der Waals surface area contributed by atoms with Crippen molar-refractivity contribution in [3.8, 4) is 0 Å². The van der Waals surface area contributed by atoms with Gasteiger partial charge in [0.25, 0.3) is 0 Å². The number of rotatable bonds is 4. The van der Waals surface area contributed by atoms with E-state index in [1.807, 2.05) is 0 Å². The molecular formula is C17H29N5O. The summed E-state index contributed by atoms with van der Waals surface area (Å²) in [6.45, 7) is 5.87. The van der Waals surface area contributed by atoms with Gasteiger partial charge in [-0.2, -0.15) is 0 Å². The van der Waals surface area contributed by atoms with Gasteiger partial charge in [-0.1, -0.05) is 18.1 Å². The maximum atomic E-state index is 5.53. The van der Waals surface area contributed by atoms with Crippen LogP contribution in [0.2, 0.25) is 0 Å². The zero-order chi connectivity index (χ0) is 15.5. The first-order valence-electron chi connectivity index (χ1n) is 9.36. The van der Waals surface area contributed by atoms with Gasteiger partial charge in [0.2, 0.25) is 0 Å². The van der Waals surface area contributed by atoms with Crippen LogP contribution in [0.5, 0.6) is 0 Å². The Morgan fingerprint density at radius 2 is 1.87 bits per heavy atom. The molecule has 1 aromatic rings. The van der Waals surface area contributed by atoms with Crippen molar-refractivity contribution in [2.24, 2.45) is 0 Å². The third-order valence-corrected chi connectivity index (χ3v) is 5.71. The first-order valence-corrected chi connectivity index (χ1v) is 9.36. The molecule has 0 radical (unpaired) electrons. The van der Waals surface area contributed by atoms with Crippen molar-refractivity contribution in [1.29, 1.82) is 0 Å². The highest BCUT2D eigenvalue weighted by Gasteiger charge is 2.27. The molecule has 23 heavy (non-hydrogen) atoms. The van der Waals surface area contributed by atoms with Gasteiger partial charge in [0, 0.05) is 51.5 Å². The molecule has 6 heteroatoms. The van der Waals surface area contributed by atoms with Gasteiger partial charge >= 0.3 is 0 Å². The molecule has 0 amide bonds. The fourth-order valence-electron chi connectivity index (χ4n) is 4.29. The lowest BCUT2D eigenvalue weighted by Crippen LogP contribution is -2.39. The van der Waals surface area contributed by atoms with Gasteiger partial charge in [0.15, 0.2) is 0 Å². The molecule has 1 N–H and O–H groups in total. The highest BCUT2D eigenvalue weighted by Crippen LogP contribution is 2.22. The fraction of sp³-hybridized carbons (Fsp3) is 0.882. The molecule has 0 bridgehead atoms. The normalized spacial score (nSPS) is 24.7. The Kier molecular flexibility index (Phi) is 4.92. The Morgan fingerprint density at radius 3 is 2.70 bits per heavy atom. The van der Waals surface area contributed by atoms with Gasteiger partial charge in [-0.3, -0.25) is 4.90 Å². The minimum absolute atomic E-state index is 0.667. The van der Waals surface area contributed by atoms with E-state index in [0.717, 1.165) is 51.4 Å². The Labute approximate surface area is 138 Å². The smallest absolute Gasteiger partial charge is 0.101 e. The Bertz CT molecular complexity index is 505. The van der Waals surface area contributed by atoms with Crippen LogP contribution in [0.25, 0.3) is 0 Å². The zero-order valence-corrected chi connectivity index (χ0v) is 14.0. The van der Waals surface area contributed by atoms with Crippen molar-refractivity contribution < 1.29 is 4.74 Å². The van der Waals surface area contributed by atoms with Crippen molar-refractivity contribution in [2.45, 2.75) is 76.7 Å². The second-order valence-electron chi connectivity index (χ2n) is 7.24. The molecule has 0 aromatic carbocycles.